The summed E-state index contributed by atoms with van der Waals surface area (Å²) in [6.07, 6.45) is 0.0917. The van der Waals surface area contributed by atoms with E-state index < -0.39 is 17.7 Å². The fourth-order valence-corrected chi connectivity index (χ4v) is 2.18. The Labute approximate surface area is 124 Å². The minimum Gasteiger partial charge on any atom is -0.460 e. The van der Waals surface area contributed by atoms with Crippen molar-refractivity contribution in [2.45, 2.75) is 24.7 Å². The van der Waals surface area contributed by atoms with E-state index in [-0.39, 0.29) is 38.6 Å². The van der Waals surface area contributed by atoms with Crippen LogP contribution in [0.2, 0.25) is 0 Å². The number of carbonyl (C=O) groups is 1. The molecule has 1 heterocycles. The van der Waals surface area contributed by atoms with E-state index in [0.29, 0.717) is 0 Å². The third kappa shape index (κ3) is 4.44. The summed E-state index contributed by atoms with van der Waals surface area (Å²) in [4.78, 5) is 11.8. The van der Waals surface area contributed by atoms with E-state index in [1.54, 1.807) is 0 Å². The predicted octanol–water partition coefficient (Wildman–Crippen LogP) is 1.87. The molecule has 0 spiro atoms. The van der Waals surface area contributed by atoms with Gasteiger partial charge < -0.3 is 14.8 Å². The molecule has 1 aromatic carbocycles. The number of benzene rings is 1. The summed E-state index contributed by atoms with van der Waals surface area (Å²) < 4.78 is 24.1. The van der Waals surface area contributed by atoms with Crippen LogP contribution < -0.4 is 5.32 Å². The van der Waals surface area contributed by atoms with Crippen molar-refractivity contribution in [3.63, 3.8) is 0 Å². The van der Waals surface area contributed by atoms with Gasteiger partial charge in [-0.25, -0.2) is 4.39 Å². The normalized spacial score (nSPS) is 25.0. The largest absolute Gasteiger partial charge is 0.460 e. The first-order valence-corrected chi connectivity index (χ1v) is 6.25. The van der Waals surface area contributed by atoms with E-state index in [1.165, 1.54) is 7.11 Å². The van der Waals surface area contributed by atoms with Crippen LogP contribution in [0.5, 0.6) is 0 Å². The number of esters is 1. The van der Waals surface area contributed by atoms with Crippen LogP contribution >= 0.6 is 12.4 Å². The quantitative estimate of drug-likeness (QED) is 0.844. The standard InChI is InChI=1S/C14H18FNO3.ClH/c1-18-10-14(15)7-12(16-9-14)13(17)19-8-11-5-3-2-4-6-11;/h2-6,12,16H,7-10H2,1H3;1H/t12-,14+;/m0./s1. The van der Waals surface area contributed by atoms with Crippen molar-refractivity contribution in [1.29, 1.82) is 0 Å². The van der Waals surface area contributed by atoms with Gasteiger partial charge in [0.1, 0.15) is 18.3 Å². The van der Waals surface area contributed by atoms with E-state index in [9.17, 15) is 9.18 Å². The smallest absolute Gasteiger partial charge is 0.323 e. The van der Waals surface area contributed by atoms with Crippen molar-refractivity contribution in [1.82, 2.24) is 5.32 Å². The molecule has 1 saturated heterocycles. The maximum absolute atomic E-state index is 14.1. The average Bonchev–Trinajstić information content (AvgIpc) is 2.80. The zero-order valence-electron chi connectivity index (χ0n) is 11.3. The van der Waals surface area contributed by atoms with E-state index in [4.69, 9.17) is 9.47 Å². The second kappa shape index (κ2) is 7.57. The van der Waals surface area contributed by atoms with E-state index >= 15 is 0 Å². The molecule has 1 aliphatic heterocycles. The summed E-state index contributed by atoms with van der Waals surface area (Å²) in [5, 5.41) is 2.84. The number of hydrogen-bond donors (Lipinski definition) is 1. The van der Waals surface area contributed by atoms with E-state index in [2.05, 4.69) is 5.32 Å². The van der Waals surface area contributed by atoms with E-state index in [1.807, 2.05) is 30.3 Å². The highest BCUT2D eigenvalue weighted by Gasteiger charge is 2.42. The molecular formula is C14H19ClFNO3. The van der Waals surface area contributed by atoms with Crippen LogP contribution in [0.25, 0.3) is 0 Å². The lowest BCUT2D eigenvalue weighted by Gasteiger charge is -2.16. The molecule has 0 unspecified atom stereocenters. The molecule has 0 amide bonds. The Kier molecular flexibility index (Phi) is 6.39. The van der Waals surface area contributed by atoms with Crippen LogP contribution in [-0.4, -0.2) is 37.9 Å². The van der Waals surface area contributed by atoms with Gasteiger partial charge >= 0.3 is 5.97 Å². The highest BCUT2D eigenvalue weighted by atomic mass is 35.5. The number of hydrogen-bond acceptors (Lipinski definition) is 4. The first-order chi connectivity index (χ1) is 9.13. The Balaban J connectivity index is 0.00000200. The first kappa shape index (κ1) is 16.9. The second-order valence-electron chi connectivity index (χ2n) is 4.81. The number of alkyl halides is 1. The molecule has 0 saturated carbocycles. The molecule has 0 bridgehead atoms. The molecular weight excluding hydrogens is 285 g/mol. The number of ether oxygens (including phenoxy) is 2. The van der Waals surface area contributed by atoms with Crippen LogP contribution in [0.15, 0.2) is 30.3 Å². The molecule has 0 radical (unpaired) electrons. The third-order valence-electron chi connectivity index (χ3n) is 3.15. The van der Waals surface area contributed by atoms with Crippen molar-refractivity contribution in [3.8, 4) is 0 Å². The molecule has 6 heteroatoms. The van der Waals surface area contributed by atoms with Crippen molar-refractivity contribution in [2.24, 2.45) is 0 Å². The maximum Gasteiger partial charge on any atom is 0.323 e. The van der Waals surface area contributed by atoms with Gasteiger partial charge in [0.25, 0.3) is 0 Å². The Bertz CT molecular complexity index is 432. The first-order valence-electron chi connectivity index (χ1n) is 6.25. The summed E-state index contributed by atoms with van der Waals surface area (Å²) in [6.45, 7) is 0.315. The molecule has 1 fully saturated rings. The van der Waals surface area contributed by atoms with Crippen molar-refractivity contribution >= 4 is 18.4 Å². The van der Waals surface area contributed by atoms with Gasteiger partial charge in [0, 0.05) is 20.1 Å². The monoisotopic (exact) mass is 303 g/mol. The summed E-state index contributed by atoms with van der Waals surface area (Å²) in [5.74, 6) is -0.417. The summed E-state index contributed by atoms with van der Waals surface area (Å²) in [7, 11) is 1.45. The van der Waals surface area contributed by atoms with Crippen LogP contribution in [-0.2, 0) is 20.9 Å². The SMILES string of the molecule is COC[C@]1(F)CN[C@H](C(=O)OCc2ccccc2)C1.Cl. The molecule has 0 aliphatic carbocycles. The highest BCUT2D eigenvalue weighted by molar-refractivity contribution is 5.85. The average molecular weight is 304 g/mol. The second-order valence-corrected chi connectivity index (χ2v) is 4.81. The van der Waals surface area contributed by atoms with Gasteiger partial charge in [-0.1, -0.05) is 30.3 Å². The number of methoxy groups -OCH3 is 1. The van der Waals surface area contributed by atoms with Gasteiger partial charge in [-0.05, 0) is 5.56 Å². The van der Waals surface area contributed by atoms with Gasteiger partial charge in [0.15, 0.2) is 0 Å². The Morgan fingerprint density at radius 1 is 1.45 bits per heavy atom. The molecule has 1 aromatic rings. The highest BCUT2D eigenvalue weighted by Crippen LogP contribution is 2.25. The predicted molar refractivity (Wildman–Crippen MR) is 75.6 cm³/mol. The van der Waals surface area contributed by atoms with E-state index in [0.717, 1.165) is 5.56 Å². The zero-order valence-corrected chi connectivity index (χ0v) is 12.1. The number of halogens is 2. The minimum absolute atomic E-state index is 0. The molecule has 2 rings (SSSR count). The Morgan fingerprint density at radius 3 is 2.80 bits per heavy atom. The van der Waals surface area contributed by atoms with Crippen LogP contribution in [0.4, 0.5) is 4.39 Å². The van der Waals surface area contributed by atoms with Gasteiger partial charge in [-0.3, -0.25) is 4.79 Å². The molecule has 0 aromatic heterocycles. The summed E-state index contributed by atoms with van der Waals surface area (Å²) >= 11 is 0. The molecule has 2 atom stereocenters. The summed E-state index contributed by atoms with van der Waals surface area (Å²) in [6, 6.07) is 8.81. The van der Waals surface area contributed by atoms with Crippen LogP contribution in [0.1, 0.15) is 12.0 Å². The number of rotatable bonds is 5. The van der Waals surface area contributed by atoms with Gasteiger partial charge in [0.2, 0.25) is 0 Å². The van der Waals surface area contributed by atoms with Crippen LogP contribution in [0.3, 0.4) is 0 Å². The molecule has 1 N–H and O–H groups in total. The Morgan fingerprint density at radius 2 is 2.15 bits per heavy atom. The van der Waals surface area contributed by atoms with Gasteiger partial charge in [0.05, 0.1) is 6.61 Å². The zero-order chi connectivity index (χ0) is 13.7. The molecule has 20 heavy (non-hydrogen) atoms. The molecule has 1 aliphatic rings. The van der Waals surface area contributed by atoms with Gasteiger partial charge in [-0.15, -0.1) is 12.4 Å². The lowest BCUT2D eigenvalue weighted by Crippen LogP contribution is -2.32. The van der Waals surface area contributed by atoms with Crippen LogP contribution in [0, 0.1) is 0 Å². The fourth-order valence-electron chi connectivity index (χ4n) is 2.18. The molecule has 112 valence electrons. The third-order valence-corrected chi connectivity index (χ3v) is 3.15. The van der Waals surface area contributed by atoms with Crippen molar-refractivity contribution in [3.05, 3.63) is 35.9 Å². The lowest BCUT2D eigenvalue weighted by atomic mass is 10.0. The minimum atomic E-state index is -1.48. The Hall–Kier alpha value is -1.17. The fraction of sp³-hybridized carbons (Fsp3) is 0.500. The van der Waals surface area contributed by atoms with Crippen molar-refractivity contribution < 1.29 is 18.7 Å². The topological polar surface area (TPSA) is 47.6 Å². The molecule has 4 nitrogen and oxygen atoms in total. The van der Waals surface area contributed by atoms with Gasteiger partial charge in [-0.2, -0.15) is 0 Å². The summed E-state index contributed by atoms with van der Waals surface area (Å²) in [5.41, 5.74) is -0.567. The number of carbonyl (C=O) groups excluding carboxylic acids is 1. The van der Waals surface area contributed by atoms with Crippen molar-refractivity contribution in [2.75, 3.05) is 20.3 Å². The lowest BCUT2D eigenvalue weighted by molar-refractivity contribution is -0.147. The number of nitrogens with one attached hydrogen (secondary N) is 1. The maximum atomic E-state index is 14.1.